The van der Waals surface area contributed by atoms with Gasteiger partial charge in [-0.1, -0.05) is 18.2 Å². The Balaban J connectivity index is 1.51. The highest BCUT2D eigenvalue weighted by Crippen LogP contribution is 2.16. The lowest BCUT2D eigenvalue weighted by atomic mass is 10.0. The van der Waals surface area contributed by atoms with E-state index in [2.05, 4.69) is 10.4 Å². The van der Waals surface area contributed by atoms with E-state index in [1.165, 1.54) is 0 Å². The van der Waals surface area contributed by atoms with Crippen molar-refractivity contribution in [2.24, 2.45) is 5.92 Å². The quantitative estimate of drug-likeness (QED) is 0.913. The van der Waals surface area contributed by atoms with Crippen LogP contribution in [0.3, 0.4) is 0 Å². The number of rotatable bonds is 5. The second kappa shape index (κ2) is 6.54. The first-order valence-electron chi connectivity index (χ1n) is 7.24. The van der Waals surface area contributed by atoms with Gasteiger partial charge in [-0.15, -0.1) is 0 Å². The second-order valence-electron chi connectivity index (χ2n) is 5.34. The van der Waals surface area contributed by atoms with E-state index in [4.69, 9.17) is 4.74 Å². The van der Waals surface area contributed by atoms with Crippen LogP contribution < -0.4 is 5.32 Å². The molecule has 1 aromatic heterocycles. The first kappa shape index (κ1) is 13.8. The third-order valence-electron chi connectivity index (χ3n) is 3.64. The summed E-state index contributed by atoms with van der Waals surface area (Å²) in [7, 11) is 0. The SMILES string of the molecule is O=C(C[C@H]1CCOC1)NCc1cnn(-c2ccccc2)c1. The van der Waals surface area contributed by atoms with Crippen LogP contribution in [-0.2, 0) is 16.1 Å². The van der Waals surface area contributed by atoms with E-state index in [0.717, 1.165) is 24.3 Å². The van der Waals surface area contributed by atoms with Gasteiger partial charge in [0.1, 0.15) is 0 Å². The Bertz CT molecular complexity index is 589. The summed E-state index contributed by atoms with van der Waals surface area (Å²) >= 11 is 0. The van der Waals surface area contributed by atoms with Gasteiger partial charge in [-0.3, -0.25) is 4.79 Å². The van der Waals surface area contributed by atoms with Crippen LogP contribution in [0.25, 0.3) is 5.69 Å². The summed E-state index contributed by atoms with van der Waals surface area (Å²) in [5, 5.41) is 7.26. The summed E-state index contributed by atoms with van der Waals surface area (Å²) in [6.07, 6.45) is 5.26. The van der Waals surface area contributed by atoms with Gasteiger partial charge in [0.25, 0.3) is 0 Å². The first-order valence-corrected chi connectivity index (χ1v) is 7.24. The second-order valence-corrected chi connectivity index (χ2v) is 5.34. The average molecular weight is 285 g/mol. The number of carbonyl (C=O) groups excluding carboxylic acids is 1. The smallest absolute Gasteiger partial charge is 0.220 e. The van der Waals surface area contributed by atoms with Crippen molar-refractivity contribution in [2.75, 3.05) is 13.2 Å². The molecule has 2 heterocycles. The summed E-state index contributed by atoms with van der Waals surface area (Å²) in [5.74, 6) is 0.454. The van der Waals surface area contributed by atoms with Crippen LogP contribution >= 0.6 is 0 Å². The van der Waals surface area contributed by atoms with E-state index in [9.17, 15) is 4.79 Å². The van der Waals surface area contributed by atoms with Crippen LogP contribution in [0.5, 0.6) is 0 Å². The molecule has 5 nitrogen and oxygen atoms in total. The Morgan fingerprint density at radius 3 is 3.00 bits per heavy atom. The maximum atomic E-state index is 11.9. The number of nitrogens with one attached hydrogen (secondary N) is 1. The minimum atomic E-state index is 0.0814. The Kier molecular flexibility index (Phi) is 4.31. The largest absolute Gasteiger partial charge is 0.381 e. The van der Waals surface area contributed by atoms with Gasteiger partial charge in [0, 0.05) is 37.9 Å². The van der Waals surface area contributed by atoms with Crippen molar-refractivity contribution >= 4 is 5.91 Å². The fraction of sp³-hybridized carbons (Fsp3) is 0.375. The fourth-order valence-corrected chi connectivity index (χ4v) is 2.45. The minimum absolute atomic E-state index is 0.0814. The molecule has 0 spiro atoms. The van der Waals surface area contributed by atoms with Crippen molar-refractivity contribution in [1.29, 1.82) is 0 Å². The Labute approximate surface area is 123 Å². The van der Waals surface area contributed by atoms with E-state index in [1.807, 2.05) is 41.2 Å². The predicted octanol–water partition coefficient (Wildman–Crippen LogP) is 1.92. The van der Waals surface area contributed by atoms with Gasteiger partial charge in [0.15, 0.2) is 0 Å². The zero-order chi connectivity index (χ0) is 14.5. The van der Waals surface area contributed by atoms with Gasteiger partial charge in [-0.25, -0.2) is 4.68 Å². The number of benzene rings is 1. The molecule has 1 aliphatic heterocycles. The van der Waals surface area contributed by atoms with Crippen molar-refractivity contribution in [3.05, 3.63) is 48.3 Å². The number of hydrogen-bond donors (Lipinski definition) is 1. The van der Waals surface area contributed by atoms with Gasteiger partial charge in [0.05, 0.1) is 11.9 Å². The molecule has 0 aliphatic carbocycles. The fourth-order valence-electron chi connectivity index (χ4n) is 2.45. The predicted molar refractivity (Wildman–Crippen MR) is 79.0 cm³/mol. The number of carbonyl (C=O) groups is 1. The number of nitrogens with zero attached hydrogens (tertiary/aromatic N) is 2. The topological polar surface area (TPSA) is 56.1 Å². The highest BCUT2D eigenvalue weighted by atomic mass is 16.5. The Morgan fingerprint density at radius 1 is 1.38 bits per heavy atom. The molecule has 1 N–H and O–H groups in total. The molecule has 1 fully saturated rings. The summed E-state index contributed by atoms with van der Waals surface area (Å²) in [6.45, 7) is 2.00. The van der Waals surface area contributed by atoms with Gasteiger partial charge in [0.2, 0.25) is 5.91 Å². The van der Waals surface area contributed by atoms with E-state index in [-0.39, 0.29) is 5.91 Å². The molecule has 1 aliphatic rings. The zero-order valence-corrected chi connectivity index (χ0v) is 11.9. The molecule has 2 aromatic rings. The van der Waals surface area contributed by atoms with Crippen molar-refractivity contribution in [3.8, 4) is 5.69 Å². The van der Waals surface area contributed by atoms with Gasteiger partial charge in [-0.05, 0) is 24.5 Å². The van der Waals surface area contributed by atoms with Crippen molar-refractivity contribution in [3.63, 3.8) is 0 Å². The van der Waals surface area contributed by atoms with Crippen molar-refractivity contribution in [2.45, 2.75) is 19.4 Å². The molecule has 0 saturated carbocycles. The molecular formula is C16H19N3O2. The number of aromatic nitrogens is 2. The maximum Gasteiger partial charge on any atom is 0.220 e. The molecule has 5 heteroatoms. The Morgan fingerprint density at radius 2 is 2.24 bits per heavy atom. The number of hydrogen-bond acceptors (Lipinski definition) is 3. The molecule has 0 bridgehead atoms. The van der Waals surface area contributed by atoms with Crippen LogP contribution in [0.15, 0.2) is 42.7 Å². The van der Waals surface area contributed by atoms with E-state index in [1.54, 1.807) is 6.20 Å². The van der Waals surface area contributed by atoms with Crippen LogP contribution in [-0.4, -0.2) is 28.9 Å². The van der Waals surface area contributed by atoms with Crippen LogP contribution in [0, 0.1) is 5.92 Å². The van der Waals surface area contributed by atoms with Gasteiger partial charge < -0.3 is 10.1 Å². The number of amides is 1. The standard InChI is InChI=1S/C16H19N3O2/c20-16(8-13-6-7-21-12-13)17-9-14-10-18-19(11-14)15-4-2-1-3-5-15/h1-5,10-11,13H,6-9,12H2,(H,17,20)/t13-/m1/s1. The summed E-state index contributed by atoms with van der Waals surface area (Å²) in [4.78, 5) is 11.9. The van der Waals surface area contributed by atoms with Crippen molar-refractivity contribution < 1.29 is 9.53 Å². The number of para-hydroxylation sites is 1. The van der Waals surface area contributed by atoms with Crippen molar-refractivity contribution in [1.82, 2.24) is 15.1 Å². The van der Waals surface area contributed by atoms with Crippen LogP contribution in [0.1, 0.15) is 18.4 Å². The maximum absolute atomic E-state index is 11.9. The van der Waals surface area contributed by atoms with E-state index in [0.29, 0.717) is 25.5 Å². The van der Waals surface area contributed by atoms with Crippen LogP contribution in [0.4, 0.5) is 0 Å². The Hall–Kier alpha value is -2.14. The molecule has 21 heavy (non-hydrogen) atoms. The molecule has 0 unspecified atom stereocenters. The lowest BCUT2D eigenvalue weighted by Crippen LogP contribution is -2.25. The molecule has 1 aromatic carbocycles. The van der Waals surface area contributed by atoms with E-state index < -0.39 is 0 Å². The summed E-state index contributed by atoms with van der Waals surface area (Å²) in [5.41, 5.74) is 2.01. The lowest BCUT2D eigenvalue weighted by molar-refractivity contribution is -0.122. The normalized spacial score (nSPS) is 17.8. The molecule has 3 rings (SSSR count). The molecule has 1 saturated heterocycles. The number of ether oxygens (including phenoxy) is 1. The summed E-state index contributed by atoms with van der Waals surface area (Å²) < 4.78 is 7.09. The molecular weight excluding hydrogens is 266 g/mol. The summed E-state index contributed by atoms with van der Waals surface area (Å²) in [6, 6.07) is 9.91. The molecule has 1 amide bonds. The average Bonchev–Trinajstić information content (AvgIpc) is 3.17. The van der Waals surface area contributed by atoms with Gasteiger partial charge in [-0.2, -0.15) is 5.10 Å². The minimum Gasteiger partial charge on any atom is -0.381 e. The lowest BCUT2D eigenvalue weighted by Gasteiger charge is -2.07. The van der Waals surface area contributed by atoms with Crippen LogP contribution in [0.2, 0.25) is 0 Å². The third kappa shape index (κ3) is 3.70. The molecule has 0 radical (unpaired) electrons. The highest BCUT2D eigenvalue weighted by Gasteiger charge is 2.18. The zero-order valence-electron chi connectivity index (χ0n) is 11.9. The molecule has 110 valence electrons. The highest BCUT2D eigenvalue weighted by molar-refractivity contribution is 5.76. The third-order valence-corrected chi connectivity index (χ3v) is 3.64. The van der Waals surface area contributed by atoms with Gasteiger partial charge >= 0.3 is 0 Å². The molecule has 1 atom stereocenters. The van der Waals surface area contributed by atoms with E-state index >= 15 is 0 Å². The monoisotopic (exact) mass is 285 g/mol. The first-order chi connectivity index (χ1) is 10.3.